The summed E-state index contributed by atoms with van der Waals surface area (Å²) >= 11 is 0. The zero-order valence-electron chi connectivity index (χ0n) is 19.2. The summed E-state index contributed by atoms with van der Waals surface area (Å²) in [6, 6.07) is 13.8. The van der Waals surface area contributed by atoms with Crippen LogP contribution >= 0.6 is 0 Å². The fraction of sp³-hybridized carbons (Fsp3) is 0.346. The molecule has 35 heavy (non-hydrogen) atoms. The van der Waals surface area contributed by atoms with Gasteiger partial charge in [-0.2, -0.15) is 10.1 Å². The van der Waals surface area contributed by atoms with E-state index in [1.807, 2.05) is 47.1 Å². The van der Waals surface area contributed by atoms with Gasteiger partial charge in [0.15, 0.2) is 5.82 Å². The molecule has 2 aliphatic rings. The first-order valence-electron chi connectivity index (χ1n) is 12.0. The molecule has 1 aliphatic carbocycles. The molecule has 1 saturated heterocycles. The van der Waals surface area contributed by atoms with Crippen molar-refractivity contribution in [2.75, 3.05) is 13.1 Å². The molecule has 0 atom stereocenters. The van der Waals surface area contributed by atoms with Crippen molar-refractivity contribution in [3.05, 3.63) is 66.1 Å². The van der Waals surface area contributed by atoms with Crippen LogP contribution in [0.2, 0.25) is 0 Å². The van der Waals surface area contributed by atoms with Crippen molar-refractivity contribution in [3.8, 4) is 28.7 Å². The molecule has 0 bridgehead atoms. The lowest BCUT2D eigenvalue weighted by Crippen LogP contribution is -2.49. The van der Waals surface area contributed by atoms with E-state index in [0.29, 0.717) is 30.7 Å². The van der Waals surface area contributed by atoms with Crippen molar-refractivity contribution in [1.29, 1.82) is 0 Å². The van der Waals surface area contributed by atoms with Gasteiger partial charge in [-0.05, 0) is 30.5 Å². The maximum atomic E-state index is 11.0. The Labute approximate surface area is 202 Å². The Bertz CT molecular complexity index is 1320. The quantitative estimate of drug-likeness (QED) is 0.429. The first-order chi connectivity index (χ1) is 17.2. The summed E-state index contributed by atoms with van der Waals surface area (Å²) in [5.41, 5.74) is 3.95. The van der Waals surface area contributed by atoms with Crippen LogP contribution in [0.25, 0.3) is 28.7 Å². The van der Waals surface area contributed by atoms with Gasteiger partial charge in [-0.3, -0.25) is 9.69 Å². The number of carboxylic acids is 1. The van der Waals surface area contributed by atoms with Crippen molar-refractivity contribution >= 4 is 5.97 Å². The third-order valence-electron chi connectivity index (χ3n) is 7.00. The van der Waals surface area contributed by atoms with E-state index >= 15 is 0 Å². The molecule has 6 rings (SSSR count). The Morgan fingerprint density at radius 3 is 2.60 bits per heavy atom. The van der Waals surface area contributed by atoms with E-state index in [1.165, 1.54) is 12.8 Å². The summed E-state index contributed by atoms with van der Waals surface area (Å²) in [6.45, 7) is 1.93. The van der Waals surface area contributed by atoms with Gasteiger partial charge in [0.1, 0.15) is 0 Å². The first kappa shape index (κ1) is 21.7. The second-order valence-electron chi connectivity index (χ2n) is 9.37. The Morgan fingerprint density at radius 1 is 1.09 bits per heavy atom. The van der Waals surface area contributed by atoms with Gasteiger partial charge >= 0.3 is 5.97 Å². The number of hydrogen-bond donors (Lipinski definition) is 1. The molecule has 0 unspecified atom stereocenters. The summed E-state index contributed by atoms with van der Waals surface area (Å²) in [5, 5.41) is 17.9. The highest BCUT2D eigenvalue weighted by atomic mass is 16.5. The van der Waals surface area contributed by atoms with E-state index < -0.39 is 5.97 Å². The summed E-state index contributed by atoms with van der Waals surface area (Å²) < 4.78 is 7.62. The fourth-order valence-electron chi connectivity index (χ4n) is 5.10. The van der Waals surface area contributed by atoms with Crippen LogP contribution in [-0.4, -0.2) is 54.0 Å². The molecule has 3 aromatic heterocycles. The third kappa shape index (κ3) is 4.23. The topological polar surface area (TPSA) is 110 Å². The number of carboxylic acid groups (broad SMARTS) is 1. The van der Waals surface area contributed by atoms with E-state index in [0.717, 1.165) is 47.6 Å². The van der Waals surface area contributed by atoms with Crippen molar-refractivity contribution in [3.63, 3.8) is 0 Å². The van der Waals surface area contributed by atoms with Crippen molar-refractivity contribution in [1.82, 2.24) is 29.8 Å². The largest absolute Gasteiger partial charge is 0.481 e. The van der Waals surface area contributed by atoms with Crippen molar-refractivity contribution < 1.29 is 14.4 Å². The normalized spacial score (nSPS) is 17.0. The maximum absolute atomic E-state index is 11.0. The highest BCUT2D eigenvalue weighted by Crippen LogP contribution is 2.40. The Kier molecular flexibility index (Phi) is 5.61. The van der Waals surface area contributed by atoms with Crippen LogP contribution in [0.15, 0.2) is 59.4 Å². The molecular formula is C26H26N6O3. The zero-order valence-corrected chi connectivity index (χ0v) is 19.2. The number of aromatic nitrogens is 5. The number of carbonyl (C=O) groups is 1. The number of pyridine rings is 1. The third-order valence-corrected chi connectivity index (χ3v) is 7.00. The molecular weight excluding hydrogens is 444 g/mol. The predicted octanol–water partition coefficient (Wildman–Crippen LogP) is 4.16. The molecule has 1 aromatic carbocycles. The zero-order chi connectivity index (χ0) is 23.8. The fourth-order valence-corrected chi connectivity index (χ4v) is 5.10. The molecule has 4 aromatic rings. The minimum Gasteiger partial charge on any atom is -0.481 e. The van der Waals surface area contributed by atoms with Gasteiger partial charge < -0.3 is 9.63 Å². The highest BCUT2D eigenvalue weighted by Gasteiger charge is 2.32. The lowest BCUT2D eigenvalue weighted by Gasteiger charge is -2.36. The summed E-state index contributed by atoms with van der Waals surface area (Å²) in [7, 11) is 0. The van der Waals surface area contributed by atoms with Gasteiger partial charge in [0.2, 0.25) is 5.82 Å². The molecule has 1 saturated carbocycles. The minimum absolute atomic E-state index is 0.247. The second-order valence-corrected chi connectivity index (χ2v) is 9.37. The van der Waals surface area contributed by atoms with Crippen LogP contribution in [0.3, 0.4) is 0 Å². The molecule has 1 aliphatic heterocycles. The number of benzene rings is 1. The summed E-state index contributed by atoms with van der Waals surface area (Å²) in [5.74, 6) is 1.20. The minimum atomic E-state index is -0.717. The van der Waals surface area contributed by atoms with Gasteiger partial charge in [0, 0.05) is 37.3 Å². The smallest absolute Gasteiger partial charge is 0.309 e. The molecule has 0 radical (unpaired) electrons. The van der Waals surface area contributed by atoms with E-state index in [2.05, 4.69) is 20.1 Å². The van der Waals surface area contributed by atoms with Gasteiger partial charge in [0.05, 0.1) is 23.4 Å². The molecule has 9 nitrogen and oxygen atoms in total. The number of rotatable bonds is 7. The average molecular weight is 471 g/mol. The summed E-state index contributed by atoms with van der Waals surface area (Å²) in [6.07, 6.45) is 8.20. The lowest BCUT2D eigenvalue weighted by molar-refractivity contribution is -0.147. The van der Waals surface area contributed by atoms with E-state index in [-0.39, 0.29) is 5.92 Å². The van der Waals surface area contributed by atoms with Crippen LogP contribution in [0, 0.1) is 5.92 Å². The molecule has 2 fully saturated rings. The van der Waals surface area contributed by atoms with E-state index in [4.69, 9.17) is 14.6 Å². The van der Waals surface area contributed by atoms with Gasteiger partial charge in [-0.15, -0.1) is 0 Å². The SMILES string of the molecule is O=C(O)C1CN(Cc2ccc(-c3noc(-c4cnn(-c5ccccn5)c4C4CCCC4)n3)cc2)C1. The van der Waals surface area contributed by atoms with Crippen LogP contribution < -0.4 is 0 Å². The summed E-state index contributed by atoms with van der Waals surface area (Å²) in [4.78, 5) is 22.3. The number of nitrogens with zero attached hydrogens (tertiary/aromatic N) is 6. The average Bonchev–Trinajstić information content (AvgIpc) is 3.62. The Balaban J connectivity index is 1.24. The van der Waals surface area contributed by atoms with Crippen LogP contribution in [-0.2, 0) is 11.3 Å². The van der Waals surface area contributed by atoms with Crippen LogP contribution in [0.1, 0.15) is 42.9 Å². The van der Waals surface area contributed by atoms with Gasteiger partial charge in [0.25, 0.3) is 5.89 Å². The second kappa shape index (κ2) is 9.07. The molecule has 0 amide bonds. The standard InChI is InChI=1S/C26H26N6O3/c33-26(34)20-15-31(16-20)14-17-8-10-19(11-9-17)24-29-25(35-30-24)21-13-28-32(22-7-3-4-12-27-22)23(21)18-5-1-2-6-18/h3-4,7-13,18,20H,1-2,5-6,14-16H2,(H,33,34). The number of hydrogen-bond acceptors (Lipinski definition) is 7. The van der Waals surface area contributed by atoms with Crippen molar-refractivity contribution in [2.24, 2.45) is 5.92 Å². The predicted molar refractivity (Wildman–Crippen MR) is 128 cm³/mol. The molecule has 178 valence electrons. The Hall–Kier alpha value is -3.85. The van der Waals surface area contributed by atoms with E-state index in [1.54, 1.807) is 12.4 Å². The van der Waals surface area contributed by atoms with Crippen LogP contribution in [0.5, 0.6) is 0 Å². The van der Waals surface area contributed by atoms with Gasteiger partial charge in [-0.25, -0.2) is 9.67 Å². The molecule has 4 heterocycles. The maximum Gasteiger partial charge on any atom is 0.309 e. The van der Waals surface area contributed by atoms with Gasteiger partial charge in [-0.1, -0.05) is 48.3 Å². The highest BCUT2D eigenvalue weighted by molar-refractivity contribution is 5.71. The lowest BCUT2D eigenvalue weighted by atomic mass is 9.99. The van der Waals surface area contributed by atoms with Crippen molar-refractivity contribution in [2.45, 2.75) is 38.1 Å². The number of likely N-dealkylation sites (tertiary alicyclic amines) is 1. The monoisotopic (exact) mass is 470 g/mol. The first-order valence-corrected chi connectivity index (χ1v) is 12.0. The Morgan fingerprint density at radius 2 is 1.89 bits per heavy atom. The molecule has 1 N–H and O–H groups in total. The number of aliphatic carboxylic acids is 1. The molecule has 9 heteroatoms. The van der Waals surface area contributed by atoms with Crippen LogP contribution in [0.4, 0.5) is 0 Å². The molecule has 0 spiro atoms. The van der Waals surface area contributed by atoms with E-state index in [9.17, 15) is 4.79 Å².